The van der Waals surface area contributed by atoms with Crippen LogP contribution in [0.3, 0.4) is 0 Å². The van der Waals surface area contributed by atoms with Gasteiger partial charge < -0.3 is 4.52 Å². The van der Waals surface area contributed by atoms with E-state index in [1.807, 2.05) is 17.5 Å². The molecule has 0 aliphatic heterocycles. The summed E-state index contributed by atoms with van der Waals surface area (Å²) >= 11 is 7.41. The van der Waals surface area contributed by atoms with Crippen LogP contribution in [0.5, 0.6) is 0 Å². The molecule has 1 aromatic carbocycles. The lowest BCUT2D eigenvalue weighted by molar-refractivity contribution is 0.379. The molecule has 0 aliphatic rings. The zero-order valence-electron chi connectivity index (χ0n) is 11.8. The number of halogens is 1. The van der Waals surface area contributed by atoms with Crippen LogP contribution in [0.2, 0.25) is 5.02 Å². The molecule has 0 radical (unpaired) electrons. The highest BCUT2D eigenvalue weighted by molar-refractivity contribution is 7.89. The first-order valence-electron chi connectivity index (χ1n) is 6.67. The molecule has 23 heavy (non-hydrogen) atoms. The molecule has 2 heterocycles. The Labute approximate surface area is 142 Å². The Hall–Kier alpha value is -1.74. The lowest BCUT2D eigenvalue weighted by atomic mass is 10.4. The molecule has 0 saturated heterocycles. The van der Waals surface area contributed by atoms with Gasteiger partial charge in [-0.25, -0.2) is 13.1 Å². The topological polar surface area (TPSA) is 85.1 Å². The number of aromatic nitrogens is 2. The fourth-order valence-electron chi connectivity index (χ4n) is 1.90. The molecule has 0 fully saturated rings. The first-order valence-corrected chi connectivity index (χ1v) is 9.41. The van der Waals surface area contributed by atoms with Crippen LogP contribution in [-0.4, -0.2) is 25.1 Å². The van der Waals surface area contributed by atoms with Crippen LogP contribution in [0.1, 0.15) is 5.89 Å². The second kappa shape index (κ2) is 6.79. The number of rotatable bonds is 6. The largest absolute Gasteiger partial charge is 0.339 e. The summed E-state index contributed by atoms with van der Waals surface area (Å²) in [6.45, 7) is 0.139. The molecule has 0 saturated carbocycles. The minimum atomic E-state index is -3.67. The van der Waals surface area contributed by atoms with Crippen molar-refractivity contribution in [1.29, 1.82) is 0 Å². The van der Waals surface area contributed by atoms with Gasteiger partial charge in [-0.2, -0.15) is 4.98 Å². The summed E-state index contributed by atoms with van der Waals surface area (Å²) in [4.78, 5) is 5.18. The highest BCUT2D eigenvalue weighted by Crippen LogP contribution is 2.22. The van der Waals surface area contributed by atoms with Crippen LogP contribution in [-0.2, 0) is 16.4 Å². The molecule has 0 amide bonds. The van der Waals surface area contributed by atoms with Crippen LogP contribution in [0.15, 0.2) is 51.2 Å². The standard InChI is InChI=1S/C14H12ClN3O3S2/c15-10-4-1-2-6-12(10)23(19,20)16-8-7-13-17-14(18-21-13)11-5-3-9-22-11/h1-6,9,16H,7-8H2. The molecule has 3 aromatic rings. The average Bonchev–Trinajstić information content (AvgIpc) is 3.18. The van der Waals surface area contributed by atoms with Crippen LogP contribution < -0.4 is 4.72 Å². The number of sulfonamides is 1. The third kappa shape index (κ3) is 3.78. The predicted octanol–water partition coefficient (Wildman–Crippen LogP) is 2.97. The van der Waals surface area contributed by atoms with E-state index < -0.39 is 10.0 Å². The highest BCUT2D eigenvalue weighted by Gasteiger charge is 2.17. The second-order valence-electron chi connectivity index (χ2n) is 4.57. The summed E-state index contributed by atoms with van der Waals surface area (Å²) in [7, 11) is -3.67. The third-order valence-electron chi connectivity index (χ3n) is 2.97. The van der Waals surface area contributed by atoms with Crippen molar-refractivity contribution in [2.75, 3.05) is 6.54 Å². The molecular formula is C14H12ClN3O3S2. The smallest absolute Gasteiger partial charge is 0.242 e. The van der Waals surface area contributed by atoms with Crippen LogP contribution >= 0.6 is 22.9 Å². The quantitative estimate of drug-likeness (QED) is 0.722. The summed E-state index contributed by atoms with van der Waals surface area (Å²) in [6, 6.07) is 10.1. The lowest BCUT2D eigenvalue weighted by Gasteiger charge is -2.06. The third-order valence-corrected chi connectivity index (χ3v) is 5.79. The summed E-state index contributed by atoms with van der Waals surface area (Å²) in [5, 5.41) is 5.97. The van der Waals surface area contributed by atoms with E-state index in [9.17, 15) is 8.42 Å². The van der Waals surface area contributed by atoms with Gasteiger partial charge in [0.15, 0.2) is 0 Å². The number of nitrogens with zero attached hydrogens (tertiary/aromatic N) is 2. The van der Waals surface area contributed by atoms with Gasteiger partial charge in [-0.3, -0.25) is 0 Å². The van der Waals surface area contributed by atoms with E-state index in [4.69, 9.17) is 16.1 Å². The summed E-state index contributed by atoms with van der Waals surface area (Å²) in [5.41, 5.74) is 0. The molecule has 2 aromatic heterocycles. The number of thiophene rings is 1. The van der Waals surface area contributed by atoms with Gasteiger partial charge in [-0.15, -0.1) is 11.3 Å². The normalized spacial score (nSPS) is 11.7. The first kappa shape index (κ1) is 16.1. The van der Waals surface area contributed by atoms with Gasteiger partial charge in [-0.1, -0.05) is 35.0 Å². The highest BCUT2D eigenvalue weighted by atomic mass is 35.5. The van der Waals surface area contributed by atoms with Crippen molar-refractivity contribution in [3.63, 3.8) is 0 Å². The van der Waals surface area contributed by atoms with Gasteiger partial charge in [0.2, 0.25) is 21.7 Å². The molecule has 0 atom stereocenters. The van der Waals surface area contributed by atoms with Crippen molar-refractivity contribution in [3.05, 3.63) is 52.7 Å². The van der Waals surface area contributed by atoms with Gasteiger partial charge >= 0.3 is 0 Å². The zero-order chi connectivity index (χ0) is 16.3. The van der Waals surface area contributed by atoms with E-state index in [2.05, 4.69) is 14.9 Å². The van der Waals surface area contributed by atoms with E-state index >= 15 is 0 Å². The number of benzene rings is 1. The second-order valence-corrected chi connectivity index (χ2v) is 7.66. The minimum Gasteiger partial charge on any atom is -0.339 e. The Morgan fingerprint density at radius 3 is 2.78 bits per heavy atom. The fourth-order valence-corrected chi connectivity index (χ4v) is 4.09. The Morgan fingerprint density at radius 2 is 2.04 bits per heavy atom. The van der Waals surface area contributed by atoms with Gasteiger partial charge in [0.05, 0.1) is 9.90 Å². The summed E-state index contributed by atoms with van der Waals surface area (Å²) in [6.07, 6.45) is 0.294. The monoisotopic (exact) mass is 369 g/mol. The van der Waals surface area contributed by atoms with Gasteiger partial charge in [0.1, 0.15) is 4.90 Å². The molecule has 0 bridgehead atoms. The van der Waals surface area contributed by atoms with Crippen LogP contribution in [0, 0.1) is 0 Å². The zero-order valence-corrected chi connectivity index (χ0v) is 14.2. The van der Waals surface area contributed by atoms with E-state index in [1.54, 1.807) is 12.1 Å². The van der Waals surface area contributed by atoms with Gasteiger partial charge in [-0.05, 0) is 23.6 Å². The Kier molecular flexibility index (Phi) is 4.76. The molecule has 0 spiro atoms. The molecule has 3 rings (SSSR count). The van der Waals surface area contributed by atoms with Crippen LogP contribution in [0.25, 0.3) is 10.7 Å². The predicted molar refractivity (Wildman–Crippen MR) is 88.0 cm³/mol. The maximum atomic E-state index is 12.2. The molecule has 6 nitrogen and oxygen atoms in total. The van der Waals surface area contributed by atoms with E-state index in [1.165, 1.54) is 23.5 Å². The van der Waals surface area contributed by atoms with Crippen molar-refractivity contribution >= 4 is 33.0 Å². The van der Waals surface area contributed by atoms with Gasteiger partial charge in [0.25, 0.3) is 0 Å². The summed E-state index contributed by atoms with van der Waals surface area (Å²) in [5.74, 6) is 0.874. The van der Waals surface area contributed by atoms with E-state index in [0.29, 0.717) is 18.1 Å². The van der Waals surface area contributed by atoms with Crippen LogP contribution in [0.4, 0.5) is 0 Å². The van der Waals surface area contributed by atoms with Gasteiger partial charge in [0, 0.05) is 13.0 Å². The summed E-state index contributed by atoms with van der Waals surface area (Å²) < 4.78 is 31.9. The Balaban J connectivity index is 1.62. The SMILES string of the molecule is O=S(=O)(NCCc1nc(-c2cccs2)no1)c1ccccc1Cl. The molecule has 9 heteroatoms. The molecule has 1 N–H and O–H groups in total. The van der Waals surface area contributed by atoms with Crippen molar-refractivity contribution < 1.29 is 12.9 Å². The minimum absolute atomic E-state index is 0.0477. The lowest BCUT2D eigenvalue weighted by Crippen LogP contribution is -2.26. The molecule has 120 valence electrons. The number of nitrogens with one attached hydrogen (secondary N) is 1. The van der Waals surface area contributed by atoms with Crippen molar-refractivity contribution in [2.45, 2.75) is 11.3 Å². The fraction of sp³-hybridized carbons (Fsp3) is 0.143. The van der Waals surface area contributed by atoms with E-state index in [-0.39, 0.29) is 16.5 Å². The Bertz CT molecular complexity index is 892. The Morgan fingerprint density at radius 1 is 1.22 bits per heavy atom. The maximum Gasteiger partial charge on any atom is 0.242 e. The average molecular weight is 370 g/mol. The first-order chi connectivity index (χ1) is 11.1. The molecule has 0 unspecified atom stereocenters. The number of hydrogen-bond donors (Lipinski definition) is 1. The van der Waals surface area contributed by atoms with Crippen molar-refractivity contribution in [1.82, 2.24) is 14.9 Å². The van der Waals surface area contributed by atoms with Crippen molar-refractivity contribution in [2.24, 2.45) is 0 Å². The molecule has 0 aliphatic carbocycles. The van der Waals surface area contributed by atoms with E-state index in [0.717, 1.165) is 4.88 Å². The maximum absolute atomic E-state index is 12.2. The number of hydrogen-bond acceptors (Lipinski definition) is 6. The molecular weight excluding hydrogens is 358 g/mol. The van der Waals surface area contributed by atoms with Crippen molar-refractivity contribution in [3.8, 4) is 10.7 Å².